The molecule has 0 heterocycles. The summed E-state index contributed by atoms with van der Waals surface area (Å²) in [4.78, 5) is 0. The summed E-state index contributed by atoms with van der Waals surface area (Å²) in [5.41, 5.74) is 3.98. The molecule has 2 rings (SSSR count). The lowest BCUT2D eigenvalue weighted by atomic mass is 9.78. The lowest BCUT2D eigenvalue weighted by Gasteiger charge is -2.31. The third kappa shape index (κ3) is 3.87. The number of nitrogens with one attached hydrogen (secondary N) is 1. The highest BCUT2D eigenvalue weighted by molar-refractivity contribution is 6.31. The Morgan fingerprint density at radius 3 is 2.71 bits per heavy atom. The molecular weight excluding hydrogens is 278 g/mol. The molecule has 0 saturated heterocycles. The normalized spacial score (nSPS) is 22.8. The molecule has 21 heavy (non-hydrogen) atoms. The Hall–Kier alpha value is -1.31. The van der Waals surface area contributed by atoms with Crippen LogP contribution >= 0.6 is 11.6 Å². The topological polar surface area (TPSA) is 12.0 Å². The molecule has 0 fully saturated rings. The first kappa shape index (κ1) is 16.1. The van der Waals surface area contributed by atoms with E-state index in [0.29, 0.717) is 12.0 Å². The first-order valence-electron chi connectivity index (χ1n) is 7.58. The van der Waals surface area contributed by atoms with Gasteiger partial charge in [0.25, 0.3) is 0 Å². The maximum absolute atomic E-state index is 6.35. The number of rotatable bonds is 5. The molecule has 1 N–H and O–H groups in total. The van der Waals surface area contributed by atoms with E-state index in [0.717, 1.165) is 17.0 Å². The van der Waals surface area contributed by atoms with Crippen LogP contribution in [0.4, 0.5) is 0 Å². The molecule has 2 heteroatoms. The molecule has 1 aromatic rings. The van der Waals surface area contributed by atoms with Gasteiger partial charge in [-0.2, -0.15) is 0 Å². The van der Waals surface area contributed by atoms with Crippen LogP contribution in [0.5, 0.6) is 0 Å². The van der Waals surface area contributed by atoms with E-state index in [-0.39, 0.29) is 0 Å². The first-order valence-corrected chi connectivity index (χ1v) is 7.96. The van der Waals surface area contributed by atoms with Crippen LogP contribution in [-0.2, 0) is 0 Å². The third-order valence-corrected chi connectivity index (χ3v) is 4.74. The molecule has 2 atom stereocenters. The maximum Gasteiger partial charge on any atom is 0.0395 e. The van der Waals surface area contributed by atoms with E-state index >= 15 is 0 Å². The van der Waals surface area contributed by atoms with Gasteiger partial charge in [-0.3, -0.25) is 0 Å². The number of benzene rings is 1. The molecule has 1 aromatic carbocycles. The van der Waals surface area contributed by atoms with E-state index in [1.54, 1.807) is 6.08 Å². The molecule has 112 valence electrons. The molecular formula is C19H24ClN. The van der Waals surface area contributed by atoms with Crippen molar-refractivity contribution in [3.05, 3.63) is 70.8 Å². The van der Waals surface area contributed by atoms with Crippen molar-refractivity contribution in [2.75, 3.05) is 7.05 Å². The molecule has 1 aliphatic carbocycles. The Labute approximate surface area is 133 Å². The summed E-state index contributed by atoms with van der Waals surface area (Å²) in [6.45, 7) is 5.73. The monoisotopic (exact) mass is 301 g/mol. The minimum absolute atomic E-state index is 0.485. The largest absolute Gasteiger partial charge is 0.313 e. The zero-order valence-electron chi connectivity index (χ0n) is 12.9. The predicted molar refractivity (Wildman–Crippen MR) is 92.7 cm³/mol. The van der Waals surface area contributed by atoms with Gasteiger partial charge < -0.3 is 5.32 Å². The summed E-state index contributed by atoms with van der Waals surface area (Å²) in [6.07, 6.45) is 9.26. The van der Waals surface area contributed by atoms with Gasteiger partial charge in [-0.15, -0.1) is 0 Å². The van der Waals surface area contributed by atoms with Gasteiger partial charge in [0.2, 0.25) is 0 Å². The van der Waals surface area contributed by atoms with Crippen molar-refractivity contribution in [3.63, 3.8) is 0 Å². The van der Waals surface area contributed by atoms with Crippen LogP contribution in [0.15, 0.2) is 59.7 Å². The second-order valence-electron chi connectivity index (χ2n) is 5.62. The second kappa shape index (κ2) is 7.63. The molecule has 1 nitrogen and oxygen atoms in total. The lowest BCUT2D eigenvalue weighted by Crippen LogP contribution is -2.23. The number of hydrogen-bond acceptors (Lipinski definition) is 1. The first-order chi connectivity index (χ1) is 10.2. The van der Waals surface area contributed by atoms with Crippen LogP contribution in [0.2, 0.25) is 0 Å². The number of fused-ring (bicyclic) bond motifs is 1. The van der Waals surface area contributed by atoms with Crippen molar-refractivity contribution in [1.29, 1.82) is 0 Å². The zero-order valence-corrected chi connectivity index (χ0v) is 13.7. The second-order valence-corrected chi connectivity index (χ2v) is 6.02. The van der Waals surface area contributed by atoms with Crippen LogP contribution in [0.1, 0.15) is 49.3 Å². The van der Waals surface area contributed by atoms with Gasteiger partial charge in [-0.05, 0) is 55.9 Å². The Bertz CT molecular complexity index is 556. The summed E-state index contributed by atoms with van der Waals surface area (Å²) in [5, 5.41) is 4.26. The Morgan fingerprint density at radius 1 is 1.33 bits per heavy atom. The number of halogens is 1. The van der Waals surface area contributed by atoms with E-state index < -0.39 is 0 Å². The average molecular weight is 302 g/mol. The Kier molecular flexibility index (Phi) is 5.84. The van der Waals surface area contributed by atoms with Crippen molar-refractivity contribution in [2.45, 2.75) is 38.1 Å². The Balaban J connectivity index is 2.17. The average Bonchev–Trinajstić information content (AvgIpc) is 2.52. The van der Waals surface area contributed by atoms with Crippen LogP contribution in [0, 0.1) is 0 Å². The van der Waals surface area contributed by atoms with Crippen molar-refractivity contribution in [3.8, 4) is 0 Å². The Morgan fingerprint density at radius 2 is 2.05 bits per heavy atom. The van der Waals surface area contributed by atoms with Crippen molar-refractivity contribution in [2.24, 2.45) is 0 Å². The predicted octanol–water partition coefficient (Wildman–Crippen LogP) is 5.47. The minimum atomic E-state index is 0.485. The fourth-order valence-electron chi connectivity index (χ4n) is 3.09. The van der Waals surface area contributed by atoms with E-state index in [9.17, 15) is 0 Å². The van der Waals surface area contributed by atoms with E-state index in [4.69, 9.17) is 11.6 Å². The molecule has 0 spiro atoms. The van der Waals surface area contributed by atoms with Crippen LogP contribution in [0.25, 0.3) is 0 Å². The lowest BCUT2D eigenvalue weighted by molar-refractivity contribution is 0.446. The number of allylic oxidation sites excluding steroid dienone is 5. The molecule has 0 saturated carbocycles. The van der Waals surface area contributed by atoms with Gasteiger partial charge >= 0.3 is 0 Å². The standard InChI is InChI=1S/C19H24ClN/c1-4-7-14(2)18(20)12-10-15-11-13-19(21-3)17-9-6-5-8-16(15)17/h4-9,12,15,19,21H,1,10-11,13H2,2-3H3/b14-7-,18-12+. The highest BCUT2D eigenvalue weighted by Gasteiger charge is 2.25. The number of hydrogen-bond donors (Lipinski definition) is 1. The highest BCUT2D eigenvalue weighted by Crippen LogP contribution is 2.39. The smallest absolute Gasteiger partial charge is 0.0395 e. The van der Waals surface area contributed by atoms with Gasteiger partial charge in [0.05, 0.1) is 0 Å². The minimum Gasteiger partial charge on any atom is -0.313 e. The molecule has 0 radical (unpaired) electrons. The van der Waals surface area contributed by atoms with Crippen LogP contribution in [-0.4, -0.2) is 7.05 Å². The third-order valence-electron chi connectivity index (χ3n) is 4.29. The summed E-state index contributed by atoms with van der Waals surface area (Å²) < 4.78 is 0. The summed E-state index contributed by atoms with van der Waals surface area (Å²) >= 11 is 6.35. The van der Waals surface area contributed by atoms with Gasteiger partial charge in [-0.25, -0.2) is 0 Å². The van der Waals surface area contributed by atoms with Gasteiger partial charge in [-0.1, -0.05) is 60.7 Å². The molecule has 0 amide bonds. The fraction of sp³-hybridized carbons (Fsp3) is 0.368. The highest BCUT2D eigenvalue weighted by atomic mass is 35.5. The summed E-state index contributed by atoms with van der Waals surface area (Å²) in [7, 11) is 2.04. The van der Waals surface area contributed by atoms with Gasteiger partial charge in [0, 0.05) is 11.1 Å². The van der Waals surface area contributed by atoms with E-state index in [2.05, 4.69) is 42.2 Å². The van der Waals surface area contributed by atoms with E-state index in [1.807, 2.05) is 20.0 Å². The summed E-state index contributed by atoms with van der Waals surface area (Å²) in [5.74, 6) is 0.566. The fourth-order valence-corrected chi connectivity index (χ4v) is 3.24. The molecule has 2 unspecified atom stereocenters. The van der Waals surface area contributed by atoms with Crippen molar-refractivity contribution in [1.82, 2.24) is 5.32 Å². The van der Waals surface area contributed by atoms with Crippen molar-refractivity contribution >= 4 is 11.6 Å². The molecule has 0 aliphatic heterocycles. The van der Waals surface area contributed by atoms with E-state index in [1.165, 1.54) is 24.0 Å². The summed E-state index contributed by atoms with van der Waals surface area (Å²) in [6, 6.07) is 9.26. The van der Waals surface area contributed by atoms with Crippen molar-refractivity contribution < 1.29 is 0 Å². The quantitative estimate of drug-likeness (QED) is 0.711. The zero-order chi connectivity index (χ0) is 15.2. The molecule has 1 aliphatic rings. The maximum atomic E-state index is 6.35. The SMILES string of the molecule is C=C/C=C(C)\C(Cl)=C/CC1CCC(NC)c2ccccc21. The molecule has 0 aromatic heterocycles. The van der Waals surface area contributed by atoms with Gasteiger partial charge in [0.15, 0.2) is 0 Å². The van der Waals surface area contributed by atoms with Crippen LogP contribution in [0.3, 0.4) is 0 Å². The van der Waals surface area contributed by atoms with Crippen LogP contribution < -0.4 is 5.32 Å². The van der Waals surface area contributed by atoms with Gasteiger partial charge in [0.1, 0.15) is 0 Å². The molecule has 0 bridgehead atoms.